The van der Waals surface area contributed by atoms with E-state index >= 15 is 0 Å². The lowest BCUT2D eigenvalue weighted by Gasteiger charge is -2.14. The van der Waals surface area contributed by atoms with Crippen LogP contribution in [0.4, 0.5) is 0 Å². The number of halogens is 1. The summed E-state index contributed by atoms with van der Waals surface area (Å²) in [5.41, 5.74) is 5.40. The zero-order valence-electron chi connectivity index (χ0n) is 21.6. The first-order chi connectivity index (χ1) is 17.1. The molecule has 0 aliphatic carbocycles. The lowest BCUT2D eigenvalue weighted by molar-refractivity contribution is 0.0980. The third-order valence-electron chi connectivity index (χ3n) is 5.88. The summed E-state index contributed by atoms with van der Waals surface area (Å²) in [6.07, 6.45) is 3.04. The molecular formula is C29H37ClN2O4S. The first-order valence-corrected chi connectivity index (χ1v) is 14.2. The van der Waals surface area contributed by atoms with Gasteiger partial charge in [-0.3, -0.25) is 4.79 Å². The highest BCUT2D eigenvalue weighted by Gasteiger charge is 2.17. The number of sulfonamides is 1. The van der Waals surface area contributed by atoms with Crippen molar-refractivity contribution in [1.82, 2.24) is 10.0 Å². The van der Waals surface area contributed by atoms with Crippen molar-refractivity contribution in [2.24, 2.45) is 5.92 Å². The first-order valence-electron chi connectivity index (χ1n) is 12.3. The van der Waals surface area contributed by atoms with E-state index in [-0.39, 0.29) is 12.4 Å². The zero-order chi connectivity index (χ0) is 26.1. The van der Waals surface area contributed by atoms with Gasteiger partial charge in [0.2, 0.25) is 10.0 Å². The Hall–Kier alpha value is -2.71. The molecular weight excluding hydrogens is 508 g/mol. The average molecular weight is 545 g/mol. The molecule has 0 heterocycles. The fourth-order valence-electron chi connectivity index (χ4n) is 4.14. The van der Waals surface area contributed by atoms with Crippen LogP contribution in [-0.2, 0) is 22.9 Å². The molecule has 0 spiro atoms. The molecule has 37 heavy (non-hydrogen) atoms. The molecule has 0 bridgehead atoms. The molecule has 3 aromatic carbocycles. The van der Waals surface area contributed by atoms with Crippen LogP contribution in [0.3, 0.4) is 0 Å². The topological polar surface area (TPSA) is 95.5 Å². The van der Waals surface area contributed by atoms with Crippen molar-refractivity contribution in [3.63, 3.8) is 0 Å². The summed E-state index contributed by atoms with van der Waals surface area (Å²) in [4.78, 5) is 12.5. The minimum Gasteiger partial charge on any atom is -0.387 e. The van der Waals surface area contributed by atoms with Gasteiger partial charge in [-0.1, -0.05) is 80.6 Å². The molecule has 6 nitrogen and oxygen atoms in total. The molecule has 3 aromatic rings. The Morgan fingerprint density at radius 3 is 2.22 bits per heavy atom. The summed E-state index contributed by atoms with van der Waals surface area (Å²) in [7, 11) is -3.63. The molecule has 8 heteroatoms. The van der Waals surface area contributed by atoms with Crippen molar-refractivity contribution in [2.45, 2.75) is 39.2 Å². The van der Waals surface area contributed by atoms with E-state index in [0.29, 0.717) is 24.4 Å². The van der Waals surface area contributed by atoms with Crippen LogP contribution in [0.5, 0.6) is 0 Å². The predicted octanol–water partition coefficient (Wildman–Crippen LogP) is 4.92. The number of hydrogen-bond acceptors (Lipinski definition) is 5. The standard InChI is InChI=1S/C29H36N2O4S.ClH/c1-21(2)18-26-19-25(15-16-27(26)29(33)31-36(3,34)35)23-13-11-22(12-14-23)8-7-17-30-20-28(32)24-9-5-4-6-10-24;/h4-6,9-16,19,21,28,30,32H,7-8,17-18,20H2,1-3H3,(H,31,33);1H/t28-;/m1./s1. The van der Waals surface area contributed by atoms with Crippen molar-refractivity contribution < 1.29 is 18.3 Å². The molecule has 0 unspecified atom stereocenters. The SMILES string of the molecule is CC(C)Cc1cc(-c2ccc(CCCNC[C@@H](O)c3ccccc3)cc2)ccc1C(=O)NS(C)(=O)=O.Cl. The van der Waals surface area contributed by atoms with Crippen LogP contribution in [0, 0.1) is 5.92 Å². The van der Waals surface area contributed by atoms with Crippen LogP contribution >= 0.6 is 12.4 Å². The van der Waals surface area contributed by atoms with Crippen molar-refractivity contribution in [1.29, 1.82) is 0 Å². The van der Waals surface area contributed by atoms with Crippen LogP contribution in [0.15, 0.2) is 72.8 Å². The van der Waals surface area contributed by atoms with E-state index in [9.17, 15) is 18.3 Å². The van der Waals surface area contributed by atoms with Gasteiger partial charge in [0.15, 0.2) is 0 Å². The van der Waals surface area contributed by atoms with E-state index in [1.165, 1.54) is 5.56 Å². The summed E-state index contributed by atoms with van der Waals surface area (Å²) >= 11 is 0. The highest BCUT2D eigenvalue weighted by atomic mass is 35.5. The van der Waals surface area contributed by atoms with E-state index in [1.807, 2.05) is 42.5 Å². The van der Waals surface area contributed by atoms with Crippen LogP contribution < -0.4 is 10.0 Å². The molecule has 0 radical (unpaired) electrons. The second kappa shape index (κ2) is 14.3. The molecule has 3 N–H and O–H groups in total. The van der Waals surface area contributed by atoms with Crippen molar-refractivity contribution in [2.75, 3.05) is 19.3 Å². The van der Waals surface area contributed by atoms with Crippen molar-refractivity contribution in [3.8, 4) is 11.1 Å². The number of aryl methyl sites for hydroxylation is 1. The van der Waals surface area contributed by atoms with Gasteiger partial charge in [0, 0.05) is 12.1 Å². The lowest BCUT2D eigenvalue weighted by Crippen LogP contribution is -2.30. The molecule has 200 valence electrons. The van der Waals surface area contributed by atoms with Crippen molar-refractivity contribution >= 4 is 28.3 Å². The van der Waals surface area contributed by atoms with Gasteiger partial charge < -0.3 is 10.4 Å². The highest BCUT2D eigenvalue weighted by molar-refractivity contribution is 7.89. The molecule has 0 aliphatic heterocycles. The largest absolute Gasteiger partial charge is 0.387 e. The third-order valence-corrected chi connectivity index (χ3v) is 6.44. The predicted molar refractivity (Wildman–Crippen MR) is 153 cm³/mol. The van der Waals surface area contributed by atoms with Crippen molar-refractivity contribution in [3.05, 3.63) is 95.1 Å². The van der Waals surface area contributed by atoms with Gasteiger partial charge in [-0.05, 0) is 65.6 Å². The van der Waals surface area contributed by atoms with Gasteiger partial charge in [0.1, 0.15) is 0 Å². The van der Waals surface area contributed by atoms with Crippen LogP contribution in [0.1, 0.15) is 53.4 Å². The maximum atomic E-state index is 12.5. The monoisotopic (exact) mass is 544 g/mol. The molecule has 0 aliphatic rings. The molecule has 0 aromatic heterocycles. The minimum absolute atomic E-state index is 0. The normalized spacial score (nSPS) is 12.1. The van der Waals surface area contributed by atoms with Gasteiger partial charge in [0.05, 0.1) is 12.4 Å². The average Bonchev–Trinajstić information content (AvgIpc) is 2.83. The fourth-order valence-corrected chi connectivity index (χ4v) is 4.59. The van der Waals surface area contributed by atoms with E-state index in [2.05, 4.69) is 48.2 Å². The maximum absolute atomic E-state index is 12.5. The quantitative estimate of drug-likeness (QED) is 0.281. The first kappa shape index (κ1) is 30.5. The summed E-state index contributed by atoms with van der Waals surface area (Å²) < 4.78 is 25.1. The zero-order valence-corrected chi connectivity index (χ0v) is 23.2. The fraction of sp³-hybridized carbons (Fsp3) is 0.345. The van der Waals surface area contributed by atoms with E-state index in [4.69, 9.17) is 0 Å². The Morgan fingerprint density at radius 1 is 0.946 bits per heavy atom. The highest BCUT2D eigenvalue weighted by Crippen LogP contribution is 2.25. The van der Waals surface area contributed by atoms with E-state index in [1.54, 1.807) is 6.07 Å². The maximum Gasteiger partial charge on any atom is 0.264 e. The second-order valence-electron chi connectivity index (χ2n) is 9.60. The number of benzene rings is 3. The molecule has 0 saturated carbocycles. The van der Waals surface area contributed by atoms with Crippen LogP contribution in [0.25, 0.3) is 11.1 Å². The minimum atomic E-state index is -3.63. The number of rotatable bonds is 12. The van der Waals surface area contributed by atoms with Gasteiger partial charge in [-0.25, -0.2) is 13.1 Å². The summed E-state index contributed by atoms with van der Waals surface area (Å²) in [6.45, 7) is 5.48. The molecule has 0 saturated heterocycles. The number of nitrogens with one attached hydrogen (secondary N) is 2. The Kier molecular flexibility index (Phi) is 11.8. The molecule has 1 amide bonds. The van der Waals surface area contributed by atoms with Gasteiger partial charge in [-0.2, -0.15) is 0 Å². The van der Waals surface area contributed by atoms with Gasteiger partial charge in [0.25, 0.3) is 5.91 Å². The van der Waals surface area contributed by atoms with Gasteiger partial charge in [-0.15, -0.1) is 12.4 Å². The summed E-state index contributed by atoms with van der Waals surface area (Å²) in [6, 6.07) is 23.6. The second-order valence-corrected chi connectivity index (χ2v) is 11.4. The Labute approximate surface area is 227 Å². The molecule has 3 rings (SSSR count). The number of aliphatic hydroxyl groups excluding tert-OH is 1. The van der Waals surface area contributed by atoms with E-state index in [0.717, 1.165) is 47.9 Å². The van der Waals surface area contributed by atoms with Gasteiger partial charge >= 0.3 is 0 Å². The van der Waals surface area contributed by atoms with Crippen LogP contribution in [-0.4, -0.2) is 38.8 Å². The summed E-state index contributed by atoms with van der Waals surface area (Å²) in [5.74, 6) is -0.283. The summed E-state index contributed by atoms with van der Waals surface area (Å²) in [5, 5.41) is 13.6. The third kappa shape index (κ3) is 9.93. The number of carbonyl (C=O) groups is 1. The number of aliphatic hydroxyl groups is 1. The number of hydrogen-bond donors (Lipinski definition) is 3. The Morgan fingerprint density at radius 2 is 1.59 bits per heavy atom. The number of amides is 1. The Bertz CT molecular complexity index is 1250. The lowest BCUT2D eigenvalue weighted by atomic mass is 9.93. The smallest absolute Gasteiger partial charge is 0.264 e. The van der Waals surface area contributed by atoms with Crippen LogP contribution in [0.2, 0.25) is 0 Å². The number of carbonyl (C=O) groups excluding carboxylic acids is 1. The van der Waals surface area contributed by atoms with E-state index < -0.39 is 22.0 Å². The molecule has 1 atom stereocenters. The Balaban J connectivity index is 0.00000481. The molecule has 0 fully saturated rings.